The van der Waals surface area contributed by atoms with E-state index in [0.29, 0.717) is 23.4 Å². The first-order chi connectivity index (χ1) is 18.5. The number of aryl methyl sites for hydroxylation is 1. The zero-order valence-corrected chi connectivity index (χ0v) is 21.3. The number of ketones is 1. The lowest BCUT2D eigenvalue weighted by Crippen LogP contribution is -2.32. The SMILES string of the molecule is COc1ccc(CCCOc2ccc(C[C@H](Nc3ccccc3C(=O)c3ccccc3)C(=O)O)cc2)cc1. The average Bonchev–Trinajstić information content (AvgIpc) is 2.96. The van der Waals surface area contributed by atoms with Crippen LogP contribution in [0.25, 0.3) is 0 Å². The predicted octanol–water partition coefficient (Wildman–Crippen LogP) is 6.05. The Morgan fingerprint density at radius 2 is 1.42 bits per heavy atom. The predicted molar refractivity (Wildman–Crippen MR) is 148 cm³/mol. The molecule has 0 saturated carbocycles. The molecule has 0 amide bonds. The third kappa shape index (κ3) is 7.23. The number of hydrogen-bond donors (Lipinski definition) is 2. The Hall–Kier alpha value is -4.58. The molecular weight excluding hydrogens is 478 g/mol. The second-order valence-electron chi connectivity index (χ2n) is 8.92. The Balaban J connectivity index is 1.33. The number of ether oxygens (including phenoxy) is 2. The van der Waals surface area contributed by atoms with Gasteiger partial charge in [-0.1, -0.05) is 66.7 Å². The highest BCUT2D eigenvalue weighted by Crippen LogP contribution is 2.22. The number of carboxylic acid groups (broad SMARTS) is 1. The van der Waals surface area contributed by atoms with E-state index in [-0.39, 0.29) is 12.2 Å². The van der Waals surface area contributed by atoms with Gasteiger partial charge in [0.25, 0.3) is 0 Å². The molecule has 0 aliphatic rings. The lowest BCUT2D eigenvalue weighted by Gasteiger charge is -2.18. The van der Waals surface area contributed by atoms with Crippen molar-refractivity contribution >= 4 is 17.4 Å². The molecule has 0 bridgehead atoms. The average molecular weight is 510 g/mol. The summed E-state index contributed by atoms with van der Waals surface area (Å²) in [6, 6.07) is 30.5. The van der Waals surface area contributed by atoms with Crippen molar-refractivity contribution in [3.05, 3.63) is 125 Å². The van der Waals surface area contributed by atoms with Crippen LogP contribution < -0.4 is 14.8 Å². The molecule has 1 atom stereocenters. The summed E-state index contributed by atoms with van der Waals surface area (Å²) in [6.07, 6.45) is 2.03. The van der Waals surface area contributed by atoms with Crippen LogP contribution >= 0.6 is 0 Å². The summed E-state index contributed by atoms with van der Waals surface area (Å²) in [7, 11) is 1.65. The van der Waals surface area contributed by atoms with Gasteiger partial charge in [0.2, 0.25) is 0 Å². The molecule has 0 spiro atoms. The van der Waals surface area contributed by atoms with E-state index < -0.39 is 12.0 Å². The van der Waals surface area contributed by atoms with Crippen molar-refractivity contribution in [2.75, 3.05) is 19.0 Å². The first kappa shape index (κ1) is 26.5. The lowest BCUT2D eigenvalue weighted by atomic mass is 10.00. The summed E-state index contributed by atoms with van der Waals surface area (Å²) >= 11 is 0. The van der Waals surface area contributed by atoms with Crippen molar-refractivity contribution in [3.8, 4) is 11.5 Å². The van der Waals surface area contributed by atoms with Crippen molar-refractivity contribution in [2.24, 2.45) is 0 Å². The molecule has 4 aromatic rings. The van der Waals surface area contributed by atoms with E-state index in [9.17, 15) is 14.7 Å². The Kier molecular flexibility index (Phi) is 9.13. The first-order valence-electron chi connectivity index (χ1n) is 12.6. The maximum absolute atomic E-state index is 13.0. The van der Waals surface area contributed by atoms with Gasteiger partial charge >= 0.3 is 5.97 Å². The van der Waals surface area contributed by atoms with Crippen molar-refractivity contribution in [2.45, 2.75) is 25.3 Å². The van der Waals surface area contributed by atoms with Crippen LogP contribution in [-0.2, 0) is 17.6 Å². The maximum atomic E-state index is 13.0. The molecule has 0 saturated heterocycles. The minimum atomic E-state index is -0.995. The minimum absolute atomic E-state index is 0.161. The molecule has 0 radical (unpaired) electrons. The molecule has 0 aromatic heterocycles. The van der Waals surface area contributed by atoms with E-state index in [1.165, 1.54) is 5.56 Å². The number of carbonyl (C=O) groups is 2. The minimum Gasteiger partial charge on any atom is -0.497 e. The number of anilines is 1. The van der Waals surface area contributed by atoms with Crippen LogP contribution in [-0.4, -0.2) is 36.6 Å². The Morgan fingerprint density at radius 1 is 0.789 bits per heavy atom. The van der Waals surface area contributed by atoms with E-state index >= 15 is 0 Å². The van der Waals surface area contributed by atoms with Gasteiger partial charge in [0.15, 0.2) is 5.78 Å². The van der Waals surface area contributed by atoms with Gasteiger partial charge in [-0.3, -0.25) is 4.79 Å². The van der Waals surface area contributed by atoms with E-state index in [4.69, 9.17) is 9.47 Å². The molecule has 0 unspecified atom stereocenters. The first-order valence-corrected chi connectivity index (χ1v) is 12.6. The fraction of sp³-hybridized carbons (Fsp3) is 0.188. The largest absolute Gasteiger partial charge is 0.497 e. The second-order valence-corrected chi connectivity index (χ2v) is 8.92. The normalized spacial score (nSPS) is 11.4. The van der Waals surface area contributed by atoms with Crippen LogP contribution in [0.4, 0.5) is 5.69 Å². The van der Waals surface area contributed by atoms with Crippen molar-refractivity contribution in [1.82, 2.24) is 0 Å². The molecule has 0 heterocycles. The van der Waals surface area contributed by atoms with Crippen molar-refractivity contribution < 1.29 is 24.2 Å². The Morgan fingerprint density at radius 3 is 2.11 bits per heavy atom. The summed E-state index contributed by atoms with van der Waals surface area (Å²) in [4.78, 5) is 25.1. The molecule has 194 valence electrons. The number of nitrogens with one attached hydrogen (secondary N) is 1. The van der Waals surface area contributed by atoms with Crippen LogP contribution in [0, 0.1) is 0 Å². The molecule has 38 heavy (non-hydrogen) atoms. The quantitative estimate of drug-likeness (QED) is 0.169. The molecule has 6 heteroatoms. The summed E-state index contributed by atoms with van der Waals surface area (Å²) < 4.78 is 11.1. The Labute approximate surface area is 222 Å². The van der Waals surface area contributed by atoms with Gasteiger partial charge in [-0.15, -0.1) is 0 Å². The van der Waals surface area contributed by atoms with E-state index in [2.05, 4.69) is 17.4 Å². The lowest BCUT2D eigenvalue weighted by molar-refractivity contribution is -0.137. The zero-order chi connectivity index (χ0) is 26.7. The van der Waals surface area contributed by atoms with E-state index in [0.717, 1.165) is 29.9 Å². The van der Waals surface area contributed by atoms with E-state index in [1.807, 2.05) is 42.5 Å². The molecule has 2 N–H and O–H groups in total. The summed E-state index contributed by atoms with van der Waals surface area (Å²) in [5.41, 5.74) is 3.55. The Bertz CT molecular complexity index is 1330. The van der Waals surface area contributed by atoms with Crippen molar-refractivity contribution in [1.29, 1.82) is 0 Å². The van der Waals surface area contributed by atoms with Crippen LogP contribution in [0.1, 0.15) is 33.5 Å². The van der Waals surface area contributed by atoms with Crippen LogP contribution in [0.3, 0.4) is 0 Å². The topological polar surface area (TPSA) is 84.9 Å². The monoisotopic (exact) mass is 509 g/mol. The summed E-state index contributed by atoms with van der Waals surface area (Å²) in [6.45, 7) is 0.580. The second kappa shape index (κ2) is 13.1. The third-order valence-electron chi connectivity index (χ3n) is 6.24. The van der Waals surface area contributed by atoms with Crippen LogP contribution in [0.2, 0.25) is 0 Å². The molecule has 4 aromatic carbocycles. The highest BCUT2D eigenvalue weighted by molar-refractivity contribution is 6.12. The van der Waals surface area contributed by atoms with Gasteiger partial charge in [0.05, 0.1) is 13.7 Å². The summed E-state index contributed by atoms with van der Waals surface area (Å²) in [5, 5.41) is 13.0. The van der Waals surface area contributed by atoms with Crippen molar-refractivity contribution in [3.63, 3.8) is 0 Å². The van der Waals surface area contributed by atoms with Gasteiger partial charge in [0, 0.05) is 23.2 Å². The highest BCUT2D eigenvalue weighted by Gasteiger charge is 2.21. The number of hydrogen-bond acceptors (Lipinski definition) is 5. The van der Waals surface area contributed by atoms with Crippen LogP contribution in [0.5, 0.6) is 11.5 Å². The number of carbonyl (C=O) groups excluding carboxylic acids is 1. The summed E-state index contributed by atoms with van der Waals surface area (Å²) in [5.74, 6) is 0.426. The van der Waals surface area contributed by atoms with E-state index in [1.54, 1.807) is 55.6 Å². The fourth-order valence-electron chi connectivity index (χ4n) is 4.16. The molecule has 0 fully saturated rings. The molecule has 0 aliphatic heterocycles. The molecule has 0 aliphatic carbocycles. The van der Waals surface area contributed by atoms with Gasteiger partial charge in [0.1, 0.15) is 17.5 Å². The number of benzene rings is 4. The maximum Gasteiger partial charge on any atom is 0.326 e. The third-order valence-corrected chi connectivity index (χ3v) is 6.24. The highest BCUT2D eigenvalue weighted by atomic mass is 16.5. The van der Waals surface area contributed by atoms with Gasteiger partial charge in [-0.2, -0.15) is 0 Å². The van der Waals surface area contributed by atoms with Gasteiger partial charge in [-0.25, -0.2) is 4.79 Å². The molecule has 4 rings (SSSR count). The van der Waals surface area contributed by atoms with Crippen LogP contribution in [0.15, 0.2) is 103 Å². The number of rotatable bonds is 13. The van der Waals surface area contributed by atoms with Gasteiger partial charge in [-0.05, 0) is 60.4 Å². The number of carboxylic acids is 1. The number of methoxy groups -OCH3 is 1. The molecule has 6 nitrogen and oxygen atoms in total. The molecular formula is C32H31NO5. The number of para-hydroxylation sites is 1. The number of aliphatic carboxylic acids is 1. The zero-order valence-electron chi connectivity index (χ0n) is 21.3. The fourth-order valence-corrected chi connectivity index (χ4v) is 4.16. The van der Waals surface area contributed by atoms with Gasteiger partial charge < -0.3 is 19.9 Å². The standard InChI is InChI=1S/C32H31NO5/c1-37-26-17-13-23(14-18-26)8-7-21-38-27-19-15-24(16-20-27)22-30(32(35)36)33-29-12-6-5-11-28(29)31(34)25-9-3-2-4-10-25/h2-6,9-20,30,33H,7-8,21-22H2,1H3,(H,35,36)/t30-/m0/s1. The smallest absolute Gasteiger partial charge is 0.326 e.